The van der Waals surface area contributed by atoms with Crippen LogP contribution in [0.1, 0.15) is 33.6 Å². The van der Waals surface area contributed by atoms with Crippen LogP contribution in [-0.4, -0.2) is 36.0 Å². The van der Waals surface area contributed by atoms with Crippen molar-refractivity contribution in [2.75, 3.05) is 19.8 Å². The molecule has 0 saturated heterocycles. The average Bonchev–Trinajstić information content (AvgIpc) is 2.31. The minimum absolute atomic E-state index is 0.448. The highest BCUT2D eigenvalue weighted by atomic mass is 28.2. The van der Waals surface area contributed by atoms with Crippen LogP contribution in [-0.2, 0) is 13.9 Å². The highest BCUT2D eigenvalue weighted by Gasteiger charge is 2.09. The van der Waals surface area contributed by atoms with Gasteiger partial charge in [0, 0.05) is 0 Å². The van der Waals surface area contributed by atoms with Crippen LogP contribution < -0.4 is 5.73 Å². The van der Waals surface area contributed by atoms with Crippen molar-refractivity contribution in [2.45, 2.75) is 46.1 Å². The summed E-state index contributed by atoms with van der Waals surface area (Å²) in [5.74, 6) is 0.546. The first-order valence-corrected chi connectivity index (χ1v) is 7.87. The van der Waals surface area contributed by atoms with Crippen molar-refractivity contribution in [3.05, 3.63) is 0 Å². The van der Waals surface area contributed by atoms with E-state index >= 15 is 0 Å². The zero-order valence-corrected chi connectivity index (χ0v) is 12.3. The Hall–Kier alpha value is 0.0569. The molecule has 0 aliphatic carbocycles. The predicted octanol–water partition coefficient (Wildman–Crippen LogP) is 1.24. The van der Waals surface area contributed by atoms with Crippen molar-refractivity contribution >= 4 is 9.76 Å². The summed E-state index contributed by atoms with van der Waals surface area (Å²) < 4.78 is 16.6. The fraction of sp³-hybridized carbons (Fsp3) is 1.00. The largest absolute Gasteiger partial charge is 0.379 e. The molecule has 0 rings (SSSR count). The summed E-state index contributed by atoms with van der Waals surface area (Å²) in [5, 5.41) is 0. The van der Waals surface area contributed by atoms with Gasteiger partial charge in [-0.05, 0) is 31.3 Å². The molecule has 0 spiro atoms. The van der Waals surface area contributed by atoms with Crippen molar-refractivity contribution in [3.63, 3.8) is 0 Å². The molecule has 0 aliphatic rings. The molecule has 0 aromatic heterocycles. The van der Waals surface area contributed by atoms with Gasteiger partial charge in [-0.2, -0.15) is 0 Å². The van der Waals surface area contributed by atoms with E-state index < -0.39 is 16.2 Å². The molecular formula is C11H27NO3Si. The highest BCUT2D eigenvalue weighted by Crippen LogP contribution is 2.04. The Labute approximate surface area is 102 Å². The molecule has 1 unspecified atom stereocenters. The Morgan fingerprint density at radius 3 is 2.12 bits per heavy atom. The van der Waals surface area contributed by atoms with Gasteiger partial charge in [0.2, 0.25) is 0 Å². The first-order chi connectivity index (χ1) is 7.74. The Kier molecular flexibility index (Phi) is 11.6. The maximum absolute atomic E-state index is 5.66. The first-order valence-electron chi connectivity index (χ1n) is 6.29. The number of ether oxygens (including phenoxy) is 2. The number of nitrogens with two attached hydrogens (primary N) is 1. The van der Waals surface area contributed by atoms with Crippen molar-refractivity contribution in [1.82, 2.24) is 0 Å². The van der Waals surface area contributed by atoms with Crippen LogP contribution in [0.2, 0.25) is 6.04 Å². The third-order valence-electron chi connectivity index (χ3n) is 2.18. The lowest BCUT2D eigenvalue weighted by molar-refractivity contribution is -0.247. The van der Waals surface area contributed by atoms with Crippen molar-refractivity contribution in [3.8, 4) is 0 Å². The maximum atomic E-state index is 5.66. The molecule has 0 heterocycles. The normalized spacial score (nSPS) is 14.1. The summed E-state index contributed by atoms with van der Waals surface area (Å²) in [6.45, 7) is 7.95. The maximum Gasteiger partial charge on any atom is 0.261 e. The smallest absolute Gasteiger partial charge is 0.261 e. The summed E-state index contributed by atoms with van der Waals surface area (Å²) in [5.41, 5.74) is 5.55. The summed E-state index contributed by atoms with van der Waals surface area (Å²) in [4.78, 5) is 0. The Balaban J connectivity index is 3.63. The summed E-state index contributed by atoms with van der Waals surface area (Å²) in [6.07, 6.45) is 1.96. The molecule has 0 radical (unpaired) electrons. The molecule has 2 N–H and O–H groups in total. The van der Waals surface area contributed by atoms with Gasteiger partial charge in [-0.25, -0.2) is 0 Å². The molecule has 4 nitrogen and oxygen atoms in total. The minimum Gasteiger partial charge on any atom is -0.379 e. The standard InChI is InChI=1S/C11H27NO3Si/c1-4-6-13-11(14-7-5-2)15-16-9-10(3)8-12/h10-11H,4-9,12,16H2,1-3H3. The van der Waals surface area contributed by atoms with Gasteiger partial charge in [0.05, 0.1) is 13.2 Å². The average molecular weight is 249 g/mol. The molecule has 0 saturated carbocycles. The van der Waals surface area contributed by atoms with E-state index in [1.54, 1.807) is 0 Å². The molecule has 5 heteroatoms. The van der Waals surface area contributed by atoms with E-state index in [1.165, 1.54) is 0 Å². The zero-order valence-electron chi connectivity index (χ0n) is 10.9. The van der Waals surface area contributed by atoms with Crippen LogP contribution in [0.25, 0.3) is 0 Å². The molecule has 0 aromatic carbocycles. The lowest BCUT2D eigenvalue weighted by atomic mass is 10.2. The van der Waals surface area contributed by atoms with Crippen LogP contribution in [0.4, 0.5) is 0 Å². The summed E-state index contributed by atoms with van der Waals surface area (Å²) in [7, 11) is -0.581. The Bertz CT molecular complexity index is 141. The predicted molar refractivity (Wildman–Crippen MR) is 68.9 cm³/mol. The zero-order chi connectivity index (χ0) is 12.2. The van der Waals surface area contributed by atoms with E-state index in [0.29, 0.717) is 19.1 Å². The van der Waals surface area contributed by atoms with E-state index in [4.69, 9.17) is 19.6 Å². The molecule has 0 aliphatic heterocycles. The second-order valence-corrected chi connectivity index (χ2v) is 5.35. The van der Waals surface area contributed by atoms with Gasteiger partial charge in [-0.1, -0.05) is 20.8 Å². The van der Waals surface area contributed by atoms with Crippen LogP contribution in [0.3, 0.4) is 0 Å². The number of hydrogen-bond donors (Lipinski definition) is 1. The topological polar surface area (TPSA) is 53.7 Å². The van der Waals surface area contributed by atoms with Crippen LogP contribution in [0.5, 0.6) is 0 Å². The van der Waals surface area contributed by atoms with Gasteiger partial charge >= 0.3 is 0 Å². The van der Waals surface area contributed by atoms with Crippen molar-refractivity contribution in [2.24, 2.45) is 11.7 Å². The third kappa shape index (κ3) is 9.29. The van der Waals surface area contributed by atoms with E-state index in [9.17, 15) is 0 Å². The summed E-state index contributed by atoms with van der Waals surface area (Å²) in [6, 6.07) is 1.08. The lowest BCUT2D eigenvalue weighted by Gasteiger charge is -2.19. The second-order valence-electron chi connectivity index (χ2n) is 4.03. The summed E-state index contributed by atoms with van der Waals surface area (Å²) >= 11 is 0. The number of hydrogen-bond acceptors (Lipinski definition) is 4. The second kappa shape index (κ2) is 11.5. The molecule has 0 amide bonds. The van der Waals surface area contributed by atoms with E-state index in [1.807, 2.05) is 0 Å². The monoisotopic (exact) mass is 249 g/mol. The lowest BCUT2D eigenvalue weighted by Crippen LogP contribution is -2.25. The van der Waals surface area contributed by atoms with Crippen LogP contribution in [0, 0.1) is 5.92 Å². The molecule has 16 heavy (non-hydrogen) atoms. The fourth-order valence-electron chi connectivity index (χ4n) is 1.06. The number of rotatable bonds is 11. The van der Waals surface area contributed by atoms with Crippen LogP contribution >= 0.6 is 0 Å². The Morgan fingerprint density at radius 2 is 1.69 bits per heavy atom. The van der Waals surface area contributed by atoms with E-state index in [-0.39, 0.29) is 0 Å². The first kappa shape index (κ1) is 16.1. The van der Waals surface area contributed by atoms with Crippen molar-refractivity contribution in [1.29, 1.82) is 0 Å². The Morgan fingerprint density at radius 1 is 1.12 bits per heavy atom. The van der Waals surface area contributed by atoms with Gasteiger partial charge < -0.3 is 19.6 Å². The van der Waals surface area contributed by atoms with Gasteiger partial charge in [-0.3, -0.25) is 0 Å². The molecule has 0 bridgehead atoms. The molecule has 1 atom stereocenters. The quantitative estimate of drug-likeness (QED) is 0.442. The SMILES string of the molecule is CCCOC(OCCC)O[SiH2]CC(C)CN. The highest BCUT2D eigenvalue weighted by molar-refractivity contribution is 6.27. The molecule has 0 fully saturated rings. The van der Waals surface area contributed by atoms with E-state index in [2.05, 4.69) is 20.8 Å². The van der Waals surface area contributed by atoms with E-state index in [0.717, 1.165) is 25.4 Å². The third-order valence-corrected chi connectivity index (χ3v) is 3.91. The minimum atomic E-state index is -0.581. The molecular weight excluding hydrogens is 222 g/mol. The van der Waals surface area contributed by atoms with Crippen LogP contribution in [0.15, 0.2) is 0 Å². The van der Waals surface area contributed by atoms with Gasteiger partial charge in [0.25, 0.3) is 6.48 Å². The van der Waals surface area contributed by atoms with Gasteiger partial charge in [0.1, 0.15) is 0 Å². The van der Waals surface area contributed by atoms with Gasteiger partial charge in [0.15, 0.2) is 9.76 Å². The van der Waals surface area contributed by atoms with Gasteiger partial charge in [-0.15, -0.1) is 0 Å². The molecule has 98 valence electrons. The molecule has 0 aromatic rings. The van der Waals surface area contributed by atoms with Crippen molar-refractivity contribution < 1.29 is 13.9 Å². The fourth-order valence-corrected chi connectivity index (χ4v) is 2.21.